The van der Waals surface area contributed by atoms with Crippen molar-refractivity contribution in [3.05, 3.63) is 158 Å². The third-order valence-corrected chi connectivity index (χ3v) is 7.91. The molecular formula is C39H26N2O. The van der Waals surface area contributed by atoms with Crippen LogP contribution in [0.5, 0.6) is 0 Å². The van der Waals surface area contributed by atoms with Crippen LogP contribution in [0.25, 0.3) is 55.1 Å². The number of pyridine rings is 1. The molecule has 0 N–H and O–H groups in total. The second-order valence-electron chi connectivity index (χ2n) is 10.5. The minimum absolute atomic E-state index is 0.795. The molecule has 2 aromatic heterocycles. The molecule has 0 saturated heterocycles. The number of furan rings is 1. The minimum atomic E-state index is 0.795. The third kappa shape index (κ3) is 4.29. The highest BCUT2D eigenvalue weighted by atomic mass is 16.3. The van der Waals surface area contributed by atoms with Crippen molar-refractivity contribution in [2.45, 2.75) is 0 Å². The van der Waals surface area contributed by atoms with Crippen molar-refractivity contribution in [2.75, 3.05) is 4.90 Å². The number of aromatic nitrogens is 1. The first-order valence-electron chi connectivity index (χ1n) is 14.1. The zero-order valence-electron chi connectivity index (χ0n) is 22.8. The van der Waals surface area contributed by atoms with Gasteiger partial charge in [-0.15, -0.1) is 0 Å². The number of benzene rings is 6. The van der Waals surface area contributed by atoms with Crippen molar-refractivity contribution in [3.63, 3.8) is 0 Å². The first kappa shape index (κ1) is 24.2. The van der Waals surface area contributed by atoms with E-state index in [9.17, 15) is 0 Å². The van der Waals surface area contributed by atoms with Crippen molar-refractivity contribution < 1.29 is 4.42 Å². The van der Waals surface area contributed by atoms with E-state index >= 15 is 0 Å². The molecule has 0 aliphatic carbocycles. The molecule has 0 fully saturated rings. The van der Waals surface area contributed by atoms with Gasteiger partial charge in [0.2, 0.25) is 0 Å². The van der Waals surface area contributed by atoms with Gasteiger partial charge >= 0.3 is 0 Å². The molecular weight excluding hydrogens is 512 g/mol. The highest BCUT2D eigenvalue weighted by Crippen LogP contribution is 2.39. The van der Waals surface area contributed by atoms with Gasteiger partial charge in [-0.2, -0.15) is 0 Å². The van der Waals surface area contributed by atoms with Gasteiger partial charge in [0.1, 0.15) is 11.1 Å². The summed E-state index contributed by atoms with van der Waals surface area (Å²) in [4.78, 5) is 6.91. The summed E-state index contributed by atoms with van der Waals surface area (Å²) in [5.74, 6) is 0. The number of hydrogen-bond acceptors (Lipinski definition) is 3. The molecule has 0 bridgehead atoms. The van der Waals surface area contributed by atoms with Crippen LogP contribution >= 0.6 is 0 Å². The van der Waals surface area contributed by atoms with Gasteiger partial charge in [-0.25, -0.2) is 0 Å². The number of fused-ring (bicyclic) bond motifs is 4. The van der Waals surface area contributed by atoms with Crippen LogP contribution in [0.1, 0.15) is 0 Å². The standard InChI is InChI=1S/C39H26N2O/c1-2-7-27(8-3-1)29-14-18-33(19-15-29)41(35-22-23-37-36(26-35)39-38(42-37)11-6-24-40-39)34-20-16-30(17-21-34)32-13-12-28-9-4-5-10-31(28)25-32/h1-26H. The van der Waals surface area contributed by atoms with Gasteiger partial charge in [-0.05, 0) is 93.7 Å². The van der Waals surface area contributed by atoms with Crippen LogP contribution in [-0.4, -0.2) is 4.98 Å². The molecule has 0 radical (unpaired) electrons. The monoisotopic (exact) mass is 538 g/mol. The van der Waals surface area contributed by atoms with E-state index in [-0.39, 0.29) is 0 Å². The van der Waals surface area contributed by atoms with Crippen molar-refractivity contribution >= 4 is 49.9 Å². The fourth-order valence-electron chi connectivity index (χ4n) is 5.78. The molecule has 42 heavy (non-hydrogen) atoms. The fraction of sp³-hybridized carbons (Fsp3) is 0. The van der Waals surface area contributed by atoms with Crippen LogP contribution in [0.2, 0.25) is 0 Å². The lowest BCUT2D eigenvalue weighted by Crippen LogP contribution is -2.09. The van der Waals surface area contributed by atoms with E-state index in [4.69, 9.17) is 4.42 Å². The molecule has 8 aromatic rings. The Hall–Kier alpha value is -5.67. The summed E-state index contributed by atoms with van der Waals surface area (Å²) < 4.78 is 6.08. The Bertz CT molecular complexity index is 2180. The maximum absolute atomic E-state index is 6.08. The van der Waals surface area contributed by atoms with Gasteiger partial charge < -0.3 is 9.32 Å². The molecule has 0 atom stereocenters. The van der Waals surface area contributed by atoms with Crippen molar-refractivity contribution in [3.8, 4) is 22.3 Å². The summed E-state index contributed by atoms with van der Waals surface area (Å²) in [5.41, 5.74) is 10.5. The molecule has 3 nitrogen and oxygen atoms in total. The predicted molar refractivity (Wildman–Crippen MR) is 175 cm³/mol. The Morgan fingerprint density at radius 2 is 1.05 bits per heavy atom. The Balaban J connectivity index is 1.23. The van der Waals surface area contributed by atoms with Gasteiger partial charge in [0, 0.05) is 28.6 Å². The molecule has 0 saturated carbocycles. The third-order valence-electron chi connectivity index (χ3n) is 7.91. The van der Waals surface area contributed by atoms with Crippen LogP contribution in [0, 0.1) is 0 Å². The highest BCUT2D eigenvalue weighted by Gasteiger charge is 2.16. The zero-order valence-corrected chi connectivity index (χ0v) is 22.8. The van der Waals surface area contributed by atoms with Crippen LogP contribution in [0.3, 0.4) is 0 Å². The van der Waals surface area contributed by atoms with Crippen molar-refractivity contribution in [1.82, 2.24) is 4.98 Å². The Morgan fingerprint density at radius 3 is 1.81 bits per heavy atom. The summed E-state index contributed by atoms with van der Waals surface area (Å²) >= 11 is 0. The summed E-state index contributed by atoms with van der Waals surface area (Å²) in [7, 11) is 0. The van der Waals surface area contributed by atoms with E-state index in [1.807, 2.05) is 30.5 Å². The van der Waals surface area contributed by atoms with Crippen molar-refractivity contribution in [2.24, 2.45) is 0 Å². The van der Waals surface area contributed by atoms with Gasteiger partial charge in [0.15, 0.2) is 5.58 Å². The van der Waals surface area contributed by atoms with E-state index in [2.05, 4.69) is 137 Å². The van der Waals surface area contributed by atoms with Gasteiger partial charge in [-0.3, -0.25) is 4.98 Å². The van der Waals surface area contributed by atoms with Gasteiger partial charge in [-0.1, -0.05) is 91.0 Å². The zero-order chi connectivity index (χ0) is 27.9. The van der Waals surface area contributed by atoms with Crippen LogP contribution in [-0.2, 0) is 0 Å². The smallest absolute Gasteiger partial charge is 0.153 e. The normalized spacial score (nSPS) is 11.3. The van der Waals surface area contributed by atoms with E-state index in [0.29, 0.717) is 0 Å². The van der Waals surface area contributed by atoms with E-state index in [1.165, 1.54) is 33.0 Å². The average molecular weight is 539 g/mol. The lowest BCUT2D eigenvalue weighted by Gasteiger charge is -2.26. The highest BCUT2D eigenvalue weighted by molar-refractivity contribution is 6.04. The summed E-state index contributed by atoms with van der Waals surface area (Å²) in [5, 5.41) is 3.50. The van der Waals surface area contributed by atoms with Gasteiger partial charge in [0.25, 0.3) is 0 Å². The first-order valence-corrected chi connectivity index (χ1v) is 14.1. The molecule has 3 heteroatoms. The number of rotatable bonds is 5. The Morgan fingerprint density at radius 1 is 0.429 bits per heavy atom. The number of hydrogen-bond donors (Lipinski definition) is 0. The SMILES string of the molecule is c1ccc(-c2ccc(N(c3ccc(-c4ccc5ccccc5c4)cc3)c3ccc4oc5cccnc5c4c3)cc2)cc1. The molecule has 198 valence electrons. The quantitative estimate of drug-likeness (QED) is 0.218. The molecule has 8 rings (SSSR count). The number of anilines is 3. The summed E-state index contributed by atoms with van der Waals surface area (Å²) in [6.45, 7) is 0. The maximum atomic E-state index is 6.08. The first-order chi connectivity index (χ1) is 20.8. The Kier molecular flexibility index (Phi) is 5.79. The molecule has 0 spiro atoms. The van der Waals surface area contributed by atoms with E-state index < -0.39 is 0 Å². The predicted octanol–water partition coefficient (Wildman–Crippen LogP) is 10.9. The second-order valence-corrected chi connectivity index (χ2v) is 10.5. The van der Waals surface area contributed by atoms with Crippen LogP contribution in [0.4, 0.5) is 17.1 Å². The average Bonchev–Trinajstić information content (AvgIpc) is 3.44. The van der Waals surface area contributed by atoms with Gasteiger partial charge in [0.05, 0.1) is 0 Å². The summed E-state index contributed by atoms with van der Waals surface area (Å²) in [6.07, 6.45) is 1.82. The fourth-order valence-corrected chi connectivity index (χ4v) is 5.78. The second kappa shape index (κ2) is 10.1. The molecule has 0 unspecified atom stereocenters. The minimum Gasteiger partial charge on any atom is -0.454 e. The molecule has 2 heterocycles. The van der Waals surface area contributed by atoms with Crippen molar-refractivity contribution in [1.29, 1.82) is 0 Å². The van der Waals surface area contributed by atoms with E-state index in [0.717, 1.165) is 39.1 Å². The Labute approximate surface area is 243 Å². The van der Waals surface area contributed by atoms with E-state index in [1.54, 1.807) is 0 Å². The lowest BCUT2D eigenvalue weighted by molar-refractivity contribution is 0.668. The molecule has 6 aromatic carbocycles. The lowest BCUT2D eigenvalue weighted by atomic mass is 10.0. The molecule has 0 amide bonds. The molecule has 0 aliphatic heterocycles. The number of nitrogens with zero attached hydrogens (tertiary/aromatic N) is 2. The van der Waals surface area contributed by atoms with Crippen LogP contribution < -0.4 is 4.90 Å². The van der Waals surface area contributed by atoms with Crippen LogP contribution in [0.15, 0.2) is 162 Å². The topological polar surface area (TPSA) is 29.3 Å². The molecule has 0 aliphatic rings. The maximum Gasteiger partial charge on any atom is 0.153 e. The summed E-state index contributed by atoms with van der Waals surface area (Å²) in [6, 6.07) is 53.4. The largest absolute Gasteiger partial charge is 0.454 e.